The normalized spacial score (nSPS) is 11.4. The molecule has 0 fully saturated rings. The summed E-state index contributed by atoms with van der Waals surface area (Å²) in [6, 6.07) is 5.06. The van der Waals surface area contributed by atoms with E-state index < -0.39 is 23.8 Å². The molecule has 0 radical (unpaired) electrons. The monoisotopic (exact) mass is 280 g/mol. The van der Waals surface area contributed by atoms with Gasteiger partial charge < -0.3 is 20.9 Å². The van der Waals surface area contributed by atoms with Crippen LogP contribution in [0.4, 0.5) is 0 Å². The van der Waals surface area contributed by atoms with Crippen molar-refractivity contribution in [2.45, 2.75) is 18.9 Å². The molecule has 0 spiro atoms. The number of nitrogens with two attached hydrogens (primary N) is 1. The minimum Gasteiger partial charge on any atom is -0.497 e. The lowest BCUT2D eigenvalue weighted by Crippen LogP contribution is -2.41. The Morgan fingerprint density at radius 3 is 2.35 bits per heavy atom. The maximum atomic E-state index is 11.9. The Balaban J connectivity index is 2.69. The number of benzene rings is 1. The van der Waals surface area contributed by atoms with Crippen molar-refractivity contribution in [3.63, 3.8) is 0 Å². The fourth-order valence-corrected chi connectivity index (χ4v) is 1.53. The number of methoxy groups -OCH3 is 1. The third kappa shape index (κ3) is 4.60. The number of primary amides is 1. The summed E-state index contributed by atoms with van der Waals surface area (Å²) in [4.78, 5) is 33.5. The number of rotatable bonds is 7. The first-order chi connectivity index (χ1) is 9.43. The van der Waals surface area contributed by atoms with Gasteiger partial charge in [-0.3, -0.25) is 9.59 Å². The maximum absolute atomic E-state index is 11.9. The van der Waals surface area contributed by atoms with Gasteiger partial charge in [0.05, 0.1) is 7.11 Å². The fraction of sp³-hybridized carbons (Fsp3) is 0.308. The predicted octanol–water partition coefficient (Wildman–Crippen LogP) is 0.144. The SMILES string of the molecule is COc1ccc(C(=O)N[C@H](CCC(N)=O)C(=O)O)cc1. The molecule has 0 heterocycles. The van der Waals surface area contributed by atoms with Crippen molar-refractivity contribution in [1.82, 2.24) is 5.32 Å². The summed E-state index contributed by atoms with van der Waals surface area (Å²) in [6.45, 7) is 0. The Morgan fingerprint density at radius 1 is 1.30 bits per heavy atom. The second kappa shape index (κ2) is 7.13. The van der Waals surface area contributed by atoms with Gasteiger partial charge in [-0.05, 0) is 30.7 Å². The van der Waals surface area contributed by atoms with Gasteiger partial charge in [0.15, 0.2) is 0 Å². The van der Waals surface area contributed by atoms with Crippen LogP contribution in [0.1, 0.15) is 23.2 Å². The van der Waals surface area contributed by atoms with E-state index >= 15 is 0 Å². The zero-order chi connectivity index (χ0) is 15.1. The van der Waals surface area contributed by atoms with Crippen molar-refractivity contribution in [2.24, 2.45) is 5.73 Å². The molecule has 0 aromatic heterocycles. The Bertz CT molecular complexity index is 498. The minimum atomic E-state index is -1.21. The molecule has 2 amide bonds. The van der Waals surface area contributed by atoms with E-state index in [0.717, 1.165) is 0 Å². The largest absolute Gasteiger partial charge is 0.497 e. The number of carboxylic acids is 1. The second-order valence-corrected chi connectivity index (χ2v) is 4.10. The lowest BCUT2D eigenvalue weighted by atomic mass is 10.1. The number of hydrogen-bond acceptors (Lipinski definition) is 4. The first kappa shape index (κ1) is 15.5. The van der Waals surface area contributed by atoms with E-state index in [1.807, 2.05) is 0 Å². The standard InChI is InChI=1S/C13H16N2O5/c1-20-9-4-2-8(3-5-9)12(17)15-10(13(18)19)6-7-11(14)16/h2-5,10H,6-7H2,1H3,(H2,14,16)(H,15,17)(H,18,19)/t10-/m1/s1. The number of carboxylic acid groups (broad SMARTS) is 1. The van der Waals surface area contributed by atoms with E-state index in [9.17, 15) is 14.4 Å². The topological polar surface area (TPSA) is 119 Å². The molecule has 7 nitrogen and oxygen atoms in total. The molecule has 108 valence electrons. The van der Waals surface area contributed by atoms with Gasteiger partial charge in [0.2, 0.25) is 5.91 Å². The Kier molecular flexibility index (Phi) is 5.52. The number of carbonyl (C=O) groups excluding carboxylic acids is 2. The average Bonchev–Trinajstić information content (AvgIpc) is 2.42. The lowest BCUT2D eigenvalue weighted by Gasteiger charge is -2.13. The van der Waals surface area contributed by atoms with E-state index in [-0.39, 0.29) is 12.8 Å². The Hall–Kier alpha value is -2.57. The first-order valence-corrected chi connectivity index (χ1v) is 5.90. The van der Waals surface area contributed by atoms with Crippen LogP contribution in [0.3, 0.4) is 0 Å². The van der Waals surface area contributed by atoms with Crippen molar-refractivity contribution in [3.8, 4) is 5.75 Å². The van der Waals surface area contributed by atoms with Crippen molar-refractivity contribution in [1.29, 1.82) is 0 Å². The fourth-order valence-electron chi connectivity index (χ4n) is 1.53. The molecule has 1 rings (SSSR count). The zero-order valence-corrected chi connectivity index (χ0v) is 11.0. The molecular formula is C13H16N2O5. The molecule has 1 aromatic carbocycles. The lowest BCUT2D eigenvalue weighted by molar-refractivity contribution is -0.139. The van der Waals surface area contributed by atoms with Gasteiger partial charge in [0.25, 0.3) is 5.91 Å². The van der Waals surface area contributed by atoms with E-state index in [4.69, 9.17) is 15.6 Å². The molecule has 0 bridgehead atoms. The van der Waals surface area contributed by atoms with Crippen molar-refractivity contribution < 1.29 is 24.2 Å². The van der Waals surface area contributed by atoms with E-state index in [1.165, 1.54) is 19.2 Å². The summed E-state index contributed by atoms with van der Waals surface area (Å²) >= 11 is 0. The number of nitrogens with one attached hydrogen (secondary N) is 1. The van der Waals surface area contributed by atoms with Crippen LogP contribution in [0, 0.1) is 0 Å². The second-order valence-electron chi connectivity index (χ2n) is 4.10. The summed E-state index contributed by atoms with van der Waals surface area (Å²) in [7, 11) is 1.50. The molecule has 0 aliphatic heterocycles. The van der Waals surface area contributed by atoms with Gasteiger partial charge in [-0.15, -0.1) is 0 Å². The van der Waals surface area contributed by atoms with Crippen LogP contribution in [-0.2, 0) is 9.59 Å². The highest BCUT2D eigenvalue weighted by molar-refractivity contribution is 5.96. The molecule has 0 saturated heterocycles. The smallest absolute Gasteiger partial charge is 0.326 e. The molecule has 1 atom stereocenters. The number of ether oxygens (including phenoxy) is 1. The molecule has 0 aliphatic rings. The van der Waals surface area contributed by atoms with Crippen LogP contribution in [-0.4, -0.2) is 36.0 Å². The summed E-state index contributed by atoms with van der Waals surface area (Å²) in [6.07, 6.45) is -0.160. The van der Waals surface area contributed by atoms with E-state index in [2.05, 4.69) is 5.32 Å². The van der Waals surface area contributed by atoms with Gasteiger partial charge in [-0.2, -0.15) is 0 Å². The van der Waals surface area contributed by atoms with Crippen molar-refractivity contribution in [2.75, 3.05) is 7.11 Å². The predicted molar refractivity (Wildman–Crippen MR) is 70.3 cm³/mol. The van der Waals surface area contributed by atoms with Crippen LogP contribution in [0.5, 0.6) is 5.75 Å². The van der Waals surface area contributed by atoms with Gasteiger partial charge in [-0.1, -0.05) is 0 Å². The van der Waals surface area contributed by atoms with E-state index in [1.54, 1.807) is 12.1 Å². The average molecular weight is 280 g/mol. The highest BCUT2D eigenvalue weighted by Crippen LogP contribution is 2.11. The van der Waals surface area contributed by atoms with Crippen LogP contribution < -0.4 is 15.8 Å². The van der Waals surface area contributed by atoms with Gasteiger partial charge in [-0.25, -0.2) is 4.79 Å². The van der Waals surface area contributed by atoms with E-state index in [0.29, 0.717) is 11.3 Å². The third-order valence-corrected chi connectivity index (χ3v) is 2.64. The van der Waals surface area contributed by atoms with Crippen LogP contribution in [0.25, 0.3) is 0 Å². The quantitative estimate of drug-likeness (QED) is 0.656. The molecule has 0 unspecified atom stereocenters. The highest BCUT2D eigenvalue weighted by atomic mass is 16.5. The van der Waals surface area contributed by atoms with Crippen LogP contribution >= 0.6 is 0 Å². The molecule has 20 heavy (non-hydrogen) atoms. The third-order valence-electron chi connectivity index (χ3n) is 2.64. The minimum absolute atomic E-state index is 0.0490. The number of aliphatic carboxylic acids is 1. The number of carbonyl (C=O) groups is 3. The van der Waals surface area contributed by atoms with Gasteiger partial charge in [0.1, 0.15) is 11.8 Å². The molecule has 0 saturated carbocycles. The summed E-state index contributed by atoms with van der Waals surface area (Å²) < 4.78 is 4.96. The van der Waals surface area contributed by atoms with Crippen LogP contribution in [0.15, 0.2) is 24.3 Å². The number of amides is 2. The summed E-state index contributed by atoms with van der Waals surface area (Å²) in [5.41, 5.74) is 5.26. The van der Waals surface area contributed by atoms with Crippen molar-refractivity contribution >= 4 is 17.8 Å². The summed E-state index contributed by atoms with van der Waals surface area (Å²) in [5, 5.41) is 11.3. The van der Waals surface area contributed by atoms with Crippen molar-refractivity contribution in [3.05, 3.63) is 29.8 Å². The molecule has 0 aliphatic carbocycles. The maximum Gasteiger partial charge on any atom is 0.326 e. The van der Waals surface area contributed by atoms with Gasteiger partial charge in [0, 0.05) is 12.0 Å². The highest BCUT2D eigenvalue weighted by Gasteiger charge is 2.21. The van der Waals surface area contributed by atoms with Gasteiger partial charge >= 0.3 is 5.97 Å². The number of hydrogen-bond donors (Lipinski definition) is 3. The Labute approximate surface area is 115 Å². The molecule has 4 N–H and O–H groups in total. The molecule has 1 aromatic rings. The Morgan fingerprint density at radius 2 is 1.90 bits per heavy atom. The zero-order valence-electron chi connectivity index (χ0n) is 11.0. The molecular weight excluding hydrogens is 264 g/mol. The van der Waals surface area contributed by atoms with Crippen LogP contribution in [0.2, 0.25) is 0 Å². The summed E-state index contributed by atoms with van der Waals surface area (Å²) in [5.74, 6) is -1.78. The molecule has 7 heteroatoms. The first-order valence-electron chi connectivity index (χ1n) is 5.90.